The van der Waals surface area contributed by atoms with Gasteiger partial charge in [-0.1, -0.05) is 18.2 Å². The van der Waals surface area contributed by atoms with E-state index in [4.69, 9.17) is 4.74 Å². The summed E-state index contributed by atoms with van der Waals surface area (Å²) in [5.41, 5.74) is 1.76. The lowest BCUT2D eigenvalue weighted by molar-refractivity contribution is -0.116. The van der Waals surface area contributed by atoms with Crippen LogP contribution in [0.15, 0.2) is 53.5 Å². The van der Waals surface area contributed by atoms with E-state index in [0.29, 0.717) is 19.1 Å². The van der Waals surface area contributed by atoms with Gasteiger partial charge in [-0.3, -0.25) is 9.59 Å². The van der Waals surface area contributed by atoms with Crippen LogP contribution in [0.2, 0.25) is 0 Å². The molecule has 0 bridgehead atoms. The predicted octanol–water partition coefficient (Wildman–Crippen LogP) is 3.18. The molecular formula is C20H24N2O3. The molecule has 1 aromatic heterocycles. The molecule has 5 nitrogen and oxygen atoms in total. The van der Waals surface area contributed by atoms with Crippen molar-refractivity contribution in [2.45, 2.75) is 51.4 Å². The zero-order chi connectivity index (χ0) is 17.6. The first-order valence-electron chi connectivity index (χ1n) is 8.80. The van der Waals surface area contributed by atoms with Gasteiger partial charge in [0.1, 0.15) is 0 Å². The number of amides is 1. The van der Waals surface area contributed by atoms with Crippen LogP contribution in [0.1, 0.15) is 38.2 Å². The Morgan fingerprint density at radius 1 is 1.20 bits per heavy atom. The molecule has 2 heterocycles. The lowest BCUT2D eigenvalue weighted by atomic mass is 10.1. The molecule has 3 rings (SSSR count). The molecular weight excluding hydrogens is 316 g/mol. The molecule has 5 heteroatoms. The number of benzene rings is 1. The van der Waals surface area contributed by atoms with Gasteiger partial charge < -0.3 is 14.6 Å². The first-order valence-corrected chi connectivity index (χ1v) is 8.80. The highest BCUT2D eigenvalue weighted by Gasteiger charge is 2.22. The fraction of sp³-hybridized carbons (Fsp3) is 0.400. The summed E-state index contributed by atoms with van der Waals surface area (Å²) in [6, 6.07) is 12.7. The summed E-state index contributed by atoms with van der Waals surface area (Å²) in [4.78, 5) is 23.8. The summed E-state index contributed by atoms with van der Waals surface area (Å²) in [7, 11) is 0. The number of carbonyl (C=O) groups is 1. The van der Waals surface area contributed by atoms with E-state index in [9.17, 15) is 9.59 Å². The maximum Gasteiger partial charge on any atom is 0.250 e. The van der Waals surface area contributed by atoms with Crippen LogP contribution < -0.4 is 10.9 Å². The van der Waals surface area contributed by atoms with Crippen LogP contribution in [0.25, 0.3) is 0 Å². The highest BCUT2D eigenvalue weighted by molar-refractivity contribution is 5.90. The molecule has 2 atom stereocenters. The summed E-state index contributed by atoms with van der Waals surface area (Å²) in [5, 5.41) is 2.92. The smallest absolute Gasteiger partial charge is 0.250 e. The van der Waals surface area contributed by atoms with Gasteiger partial charge in [0.05, 0.1) is 18.8 Å². The third-order valence-electron chi connectivity index (χ3n) is 4.50. The molecule has 2 aromatic rings. The van der Waals surface area contributed by atoms with E-state index in [1.807, 2.05) is 30.3 Å². The van der Waals surface area contributed by atoms with Crippen molar-refractivity contribution in [3.8, 4) is 0 Å². The Balaban J connectivity index is 1.49. The molecule has 0 saturated carbocycles. The van der Waals surface area contributed by atoms with E-state index >= 15 is 0 Å². The van der Waals surface area contributed by atoms with E-state index in [2.05, 4.69) is 12.2 Å². The Hall–Kier alpha value is -2.40. The molecule has 1 fully saturated rings. The predicted molar refractivity (Wildman–Crippen MR) is 97.7 cm³/mol. The number of ether oxygens (including phenoxy) is 1. The minimum Gasteiger partial charge on any atom is -0.375 e. The molecule has 1 aliphatic rings. The Labute approximate surface area is 147 Å². The summed E-state index contributed by atoms with van der Waals surface area (Å²) >= 11 is 0. The maximum atomic E-state index is 12.1. The highest BCUT2D eigenvalue weighted by atomic mass is 16.5. The average molecular weight is 340 g/mol. The normalized spacial score (nSPS) is 19.7. The third kappa shape index (κ3) is 5.03. The van der Waals surface area contributed by atoms with Crippen molar-refractivity contribution >= 4 is 11.6 Å². The van der Waals surface area contributed by atoms with E-state index in [0.717, 1.165) is 30.5 Å². The molecule has 0 radical (unpaired) electrons. The summed E-state index contributed by atoms with van der Waals surface area (Å²) in [5.74, 6) is 0.00943. The number of hydrogen-bond donors (Lipinski definition) is 1. The Kier molecular flexibility index (Phi) is 5.66. The van der Waals surface area contributed by atoms with Crippen LogP contribution in [-0.4, -0.2) is 22.7 Å². The van der Waals surface area contributed by atoms with E-state index < -0.39 is 0 Å². The number of hydrogen-bond acceptors (Lipinski definition) is 3. The molecule has 1 amide bonds. The van der Waals surface area contributed by atoms with Crippen molar-refractivity contribution in [2.75, 3.05) is 5.32 Å². The Bertz CT molecular complexity index is 767. The summed E-state index contributed by atoms with van der Waals surface area (Å²) in [6.45, 7) is 2.59. The number of aromatic nitrogens is 1. The second-order valence-corrected chi connectivity index (χ2v) is 6.60. The SMILES string of the molecule is C[C@@H]1CC[C@@H](CCC(=O)Nc2ccc(Cn3ccccc3=O)cc2)O1. The number of nitrogens with zero attached hydrogens (tertiary/aromatic N) is 1. The van der Waals surface area contributed by atoms with Crippen molar-refractivity contribution in [1.82, 2.24) is 4.57 Å². The zero-order valence-corrected chi connectivity index (χ0v) is 14.5. The number of pyridine rings is 1. The van der Waals surface area contributed by atoms with Gasteiger partial charge in [-0.05, 0) is 49.9 Å². The van der Waals surface area contributed by atoms with Gasteiger partial charge in [-0.25, -0.2) is 0 Å². The van der Waals surface area contributed by atoms with E-state index in [-0.39, 0.29) is 17.6 Å². The van der Waals surface area contributed by atoms with Gasteiger partial charge in [0.15, 0.2) is 0 Å². The van der Waals surface area contributed by atoms with Gasteiger partial charge in [0.2, 0.25) is 5.91 Å². The van der Waals surface area contributed by atoms with Crippen LogP contribution in [0.5, 0.6) is 0 Å². The minimum absolute atomic E-state index is 0.00943. The minimum atomic E-state index is -0.0247. The van der Waals surface area contributed by atoms with Crippen molar-refractivity contribution < 1.29 is 9.53 Å². The van der Waals surface area contributed by atoms with Crippen LogP contribution in [-0.2, 0) is 16.1 Å². The second-order valence-electron chi connectivity index (χ2n) is 6.60. The van der Waals surface area contributed by atoms with Gasteiger partial charge in [-0.15, -0.1) is 0 Å². The van der Waals surface area contributed by atoms with Gasteiger partial charge in [0, 0.05) is 24.4 Å². The van der Waals surface area contributed by atoms with Crippen LogP contribution in [0.3, 0.4) is 0 Å². The monoisotopic (exact) mass is 340 g/mol. The molecule has 1 aliphatic heterocycles. The number of anilines is 1. The fourth-order valence-corrected chi connectivity index (χ4v) is 3.09. The maximum absolute atomic E-state index is 12.1. The fourth-order valence-electron chi connectivity index (χ4n) is 3.09. The molecule has 0 spiro atoms. The molecule has 25 heavy (non-hydrogen) atoms. The molecule has 1 N–H and O–H groups in total. The molecule has 0 unspecified atom stereocenters. The summed E-state index contributed by atoms with van der Waals surface area (Å²) < 4.78 is 7.38. The zero-order valence-electron chi connectivity index (χ0n) is 14.5. The first kappa shape index (κ1) is 17.4. The number of rotatable bonds is 6. The van der Waals surface area contributed by atoms with Crippen molar-refractivity contribution in [1.29, 1.82) is 0 Å². The molecule has 132 valence electrons. The lowest BCUT2D eigenvalue weighted by Gasteiger charge is -2.11. The van der Waals surface area contributed by atoms with Gasteiger partial charge in [0.25, 0.3) is 5.56 Å². The van der Waals surface area contributed by atoms with Crippen molar-refractivity contribution in [2.24, 2.45) is 0 Å². The van der Waals surface area contributed by atoms with Gasteiger partial charge in [-0.2, -0.15) is 0 Å². The summed E-state index contributed by atoms with van der Waals surface area (Å²) in [6.07, 6.45) is 5.67. The quantitative estimate of drug-likeness (QED) is 0.878. The number of carbonyl (C=O) groups excluding carboxylic acids is 1. The molecule has 0 aliphatic carbocycles. The third-order valence-corrected chi connectivity index (χ3v) is 4.50. The lowest BCUT2D eigenvalue weighted by Crippen LogP contribution is -2.18. The average Bonchev–Trinajstić information content (AvgIpc) is 3.02. The van der Waals surface area contributed by atoms with Crippen LogP contribution in [0.4, 0.5) is 5.69 Å². The standard InChI is InChI=1S/C20H24N2O3/c1-15-5-10-18(25-15)11-12-19(23)21-17-8-6-16(7-9-17)14-22-13-3-2-4-20(22)24/h2-4,6-9,13,15,18H,5,10-12,14H2,1H3,(H,21,23)/t15-,18+/m1/s1. The molecule has 1 aromatic carbocycles. The van der Waals surface area contributed by atoms with Crippen molar-refractivity contribution in [3.05, 3.63) is 64.6 Å². The topological polar surface area (TPSA) is 60.3 Å². The van der Waals surface area contributed by atoms with Crippen LogP contribution in [0, 0.1) is 0 Å². The van der Waals surface area contributed by atoms with Crippen molar-refractivity contribution in [3.63, 3.8) is 0 Å². The Morgan fingerprint density at radius 2 is 2.00 bits per heavy atom. The molecule has 1 saturated heterocycles. The van der Waals surface area contributed by atoms with Crippen LogP contribution >= 0.6 is 0 Å². The van der Waals surface area contributed by atoms with E-state index in [1.54, 1.807) is 22.9 Å². The van der Waals surface area contributed by atoms with E-state index in [1.165, 1.54) is 0 Å². The largest absolute Gasteiger partial charge is 0.375 e. The number of nitrogens with one attached hydrogen (secondary N) is 1. The Morgan fingerprint density at radius 3 is 2.68 bits per heavy atom. The highest BCUT2D eigenvalue weighted by Crippen LogP contribution is 2.22. The second kappa shape index (κ2) is 8.12. The van der Waals surface area contributed by atoms with Gasteiger partial charge >= 0.3 is 0 Å². The first-order chi connectivity index (χ1) is 12.1.